The molecule has 0 aliphatic carbocycles. The first-order valence-corrected chi connectivity index (χ1v) is 7.06. The largest absolute Gasteiger partial charge is 0.443 e. The number of nitrogens with two attached hydrogens (primary N) is 1. The van der Waals surface area contributed by atoms with E-state index >= 15 is 0 Å². The average Bonchev–Trinajstić information content (AvgIpc) is 3.14. The number of carbonyl (C=O) groups is 1. The molecule has 9 heteroatoms. The Morgan fingerprint density at radius 3 is 2.71 bits per heavy atom. The van der Waals surface area contributed by atoms with Gasteiger partial charge in [0.25, 0.3) is 5.91 Å². The Hall–Kier alpha value is -2.87. The summed E-state index contributed by atoms with van der Waals surface area (Å²) in [6.07, 6.45) is 0. The number of amides is 1. The zero-order chi connectivity index (χ0) is 17.3. The van der Waals surface area contributed by atoms with Crippen LogP contribution in [0.4, 0.5) is 14.7 Å². The van der Waals surface area contributed by atoms with Crippen LogP contribution in [0, 0.1) is 11.6 Å². The molecule has 1 amide bonds. The predicted molar refractivity (Wildman–Crippen MR) is 81.2 cm³/mol. The Bertz CT molecular complexity index is 907. The SMILES string of the molecule is Nc1onc(-c2ccc(Cl)o2)c1C(=O)NCc1ccc(F)c(F)c1. The van der Waals surface area contributed by atoms with E-state index in [0.717, 1.165) is 12.1 Å². The standard InChI is InChI=1S/C15H10ClF2N3O3/c16-11-4-3-10(23-11)13-12(14(19)24-21-13)15(22)20-6-7-1-2-8(17)9(18)5-7/h1-5H,6,19H2,(H,20,22). The van der Waals surface area contributed by atoms with Crippen molar-refractivity contribution in [1.29, 1.82) is 0 Å². The van der Waals surface area contributed by atoms with Crippen molar-refractivity contribution in [1.82, 2.24) is 10.5 Å². The number of anilines is 1. The van der Waals surface area contributed by atoms with Gasteiger partial charge in [-0.1, -0.05) is 11.2 Å². The summed E-state index contributed by atoms with van der Waals surface area (Å²) in [5.74, 6) is -2.58. The first-order valence-electron chi connectivity index (χ1n) is 6.68. The van der Waals surface area contributed by atoms with Crippen LogP contribution < -0.4 is 11.1 Å². The molecule has 0 aliphatic rings. The van der Waals surface area contributed by atoms with Crippen molar-refractivity contribution in [3.63, 3.8) is 0 Å². The summed E-state index contributed by atoms with van der Waals surface area (Å²) < 4.78 is 36.1. The van der Waals surface area contributed by atoms with E-state index in [9.17, 15) is 13.6 Å². The molecule has 3 N–H and O–H groups in total. The molecular weight excluding hydrogens is 344 g/mol. The molecule has 124 valence electrons. The normalized spacial score (nSPS) is 10.8. The molecule has 0 fully saturated rings. The second-order valence-electron chi connectivity index (χ2n) is 4.81. The van der Waals surface area contributed by atoms with Gasteiger partial charge < -0.3 is 20.0 Å². The van der Waals surface area contributed by atoms with E-state index < -0.39 is 17.5 Å². The number of halogens is 3. The molecule has 0 atom stereocenters. The molecule has 0 aliphatic heterocycles. The zero-order valence-corrected chi connectivity index (χ0v) is 12.7. The fourth-order valence-corrected chi connectivity index (χ4v) is 2.20. The second-order valence-corrected chi connectivity index (χ2v) is 5.18. The number of nitrogens with one attached hydrogen (secondary N) is 1. The maximum atomic E-state index is 13.2. The lowest BCUT2D eigenvalue weighted by Crippen LogP contribution is -2.24. The van der Waals surface area contributed by atoms with Crippen molar-refractivity contribution in [3.05, 3.63) is 58.3 Å². The van der Waals surface area contributed by atoms with Crippen LogP contribution in [0.15, 0.2) is 39.3 Å². The smallest absolute Gasteiger partial charge is 0.259 e. The van der Waals surface area contributed by atoms with E-state index in [4.69, 9.17) is 26.3 Å². The fourth-order valence-electron chi connectivity index (χ4n) is 2.05. The van der Waals surface area contributed by atoms with Gasteiger partial charge in [-0.2, -0.15) is 0 Å². The highest BCUT2D eigenvalue weighted by Crippen LogP contribution is 2.30. The highest BCUT2D eigenvalue weighted by atomic mass is 35.5. The van der Waals surface area contributed by atoms with E-state index in [2.05, 4.69) is 10.5 Å². The summed E-state index contributed by atoms with van der Waals surface area (Å²) in [5.41, 5.74) is 6.05. The molecule has 0 unspecified atom stereocenters. The number of carbonyl (C=O) groups excluding carboxylic acids is 1. The molecular formula is C15H10ClF2N3O3. The highest BCUT2D eigenvalue weighted by Gasteiger charge is 2.24. The van der Waals surface area contributed by atoms with Crippen molar-refractivity contribution in [3.8, 4) is 11.5 Å². The Morgan fingerprint density at radius 2 is 2.04 bits per heavy atom. The molecule has 0 bridgehead atoms. The second kappa shape index (κ2) is 6.32. The Morgan fingerprint density at radius 1 is 1.25 bits per heavy atom. The third-order valence-corrected chi connectivity index (χ3v) is 3.39. The minimum atomic E-state index is -1.00. The Labute approximate surface area is 139 Å². The van der Waals surface area contributed by atoms with Crippen molar-refractivity contribution in [2.45, 2.75) is 6.54 Å². The van der Waals surface area contributed by atoms with Gasteiger partial charge in [-0.3, -0.25) is 4.79 Å². The van der Waals surface area contributed by atoms with E-state index in [1.807, 2.05) is 0 Å². The first kappa shape index (κ1) is 16.0. The number of rotatable bonds is 4. The summed E-state index contributed by atoms with van der Waals surface area (Å²) in [5, 5.41) is 6.31. The quantitative estimate of drug-likeness (QED) is 0.749. The molecule has 0 saturated carbocycles. The van der Waals surface area contributed by atoms with Gasteiger partial charge in [-0.15, -0.1) is 0 Å². The summed E-state index contributed by atoms with van der Waals surface area (Å²) >= 11 is 5.69. The van der Waals surface area contributed by atoms with Gasteiger partial charge in [0.15, 0.2) is 28.3 Å². The molecule has 2 heterocycles. The molecule has 2 aromatic heterocycles. The fraction of sp³-hybridized carbons (Fsp3) is 0.0667. The third-order valence-electron chi connectivity index (χ3n) is 3.19. The van der Waals surface area contributed by atoms with Gasteiger partial charge in [0.2, 0.25) is 5.88 Å². The van der Waals surface area contributed by atoms with Gasteiger partial charge >= 0.3 is 0 Å². The van der Waals surface area contributed by atoms with E-state index in [0.29, 0.717) is 5.56 Å². The van der Waals surface area contributed by atoms with Crippen LogP contribution in [0.25, 0.3) is 11.5 Å². The van der Waals surface area contributed by atoms with E-state index in [1.165, 1.54) is 18.2 Å². The Balaban J connectivity index is 1.80. The first-order chi connectivity index (χ1) is 11.5. The minimum absolute atomic E-state index is 0.0383. The van der Waals surface area contributed by atoms with Crippen molar-refractivity contribution in [2.75, 3.05) is 5.73 Å². The van der Waals surface area contributed by atoms with Gasteiger partial charge in [0.05, 0.1) is 0 Å². The lowest BCUT2D eigenvalue weighted by molar-refractivity contribution is 0.0952. The number of hydrogen-bond donors (Lipinski definition) is 2. The lowest BCUT2D eigenvalue weighted by Gasteiger charge is -2.05. The van der Waals surface area contributed by atoms with E-state index in [1.54, 1.807) is 0 Å². The van der Waals surface area contributed by atoms with Crippen LogP contribution in [0.3, 0.4) is 0 Å². The van der Waals surface area contributed by atoms with Crippen LogP contribution in [-0.2, 0) is 6.54 Å². The summed E-state index contributed by atoms with van der Waals surface area (Å²) in [6, 6.07) is 6.29. The molecule has 3 rings (SSSR count). The van der Waals surface area contributed by atoms with Crippen LogP contribution >= 0.6 is 11.6 Å². The van der Waals surface area contributed by atoms with Crippen molar-refractivity contribution in [2.24, 2.45) is 0 Å². The average molecular weight is 354 g/mol. The van der Waals surface area contributed by atoms with Crippen LogP contribution in [-0.4, -0.2) is 11.1 Å². The Kier molecular flexibility index (Phi) is 4.22. The maximum absolute atomic E-state index is 13.2. The maximum Gasteiger partial charge on any atom is 0.259 e. The highest BCUT2D eigenvalue weighted by molar-refractivity contribution is 6.29. The van der Waals surface area contributed by atoms with Crippen molar-refractivity contribution >= 4 is 23.4 Å². The summed E-state index contributed by atoms with van der Waals surface area (Å²) in [7, 11) is 0. The number of hydrogen-bond acceptors (Lipinski definition) is 5. The van der Waals surface area contributed by atoms with Crippen LogP contribution in [0.1, 0.15) is 15.9 Å². The van der Waals surface area contributed by atoms with Gasteiger partial charge in [0, 0.05) is 6.54 Å². The number of benzene rings is 1. The number of aromatic nitrogens is 1. The molecule has 1 aromatic carbocycles. The molecule has 0 spiro atoms. The minimum Gasteiger partial charge on any atom is -0.443 e. The zero-order valence-electron chi connectivity index (χ0n) is 12.0. The number of nitrogen functional groups attached to an aromatic ring is 1. The summed E-state index contributed by atoms with van der Waals surface area (Å²) in [4.78, 5) is 12.3. The molecule has 3 aromatic rings. The van der Waals surface area contributed by atoms with Crippen molar-refractivity contribution < 1.29 is 22.5 Å². The number of nitrogens with zero attached hydrogens (tertiary/aromatic N) is 1. The molecule has 0 saturated heterocycles. The number of furan rings is 1. The van der Waals surface area contributed by atoms with Gasteiger partial charge in [-0.25, -0.2) is 8.78 Å². The topological polar surface area (TPSA) is 94.3 Å². The third kappa shape index (κ3) is 3.09. The predicted octanol–water partition coefficient (Wildman–Crippen LogP) is 3.38. The van der Waals surface area contributed by atoms with Crippen LogP contribution in [0.2, 0.25) is 5.22 Å². The van der Waals surface area contributed by atoms with Gasteiger partial charge in [0.1, 0.15) is 5.56 Å². The monoisotopic (exact) mass is 353 g/mol. The van der Waals surface area contributed by atoms with Gasteiger partial charge in [-0.05, 0) is 41.4 Å². The molecule has 0 radical (unpaired) electrons. The van der Waals surface area contributed by atoms with E-state index in [-0.39, 0.29) is 34.7 Å². The molecule has 24 heavy (non-hydrogen) atoms. The molecule has 6 nitrogen and oxygen atoms in total. The summed E-state index contributed by atoms with van der Waals surface area (Å²) in [6.45, 7) is -0.0427. The lowest BCUT2D eigenvalue weighted by atomic mass is 10.1. The van der Waals surface area contributed by atoms with Crippen LogP contribution in [0.5, 0.6) is 0 Å².